The molecular weight excluding hydrogens is 102 g/mol. The minimum absolute atomic E-state index is 0.199. The third-order valence-corrected chi connectivity index (χ3v) is 0.570. The molecule has 0 spiro atoms. The van der Waals surface area contributed by atoms with Crippen LogP contribution in [0, 0.1) is 0 Å². The molecule has 2 nitrogen and oxygen atoms in total. The molecule has 0 unspecified atom stereocenters. The minimum Gasteiger partial charge on any atom is -0.464 e. The van der Waals surface area contributed by atoms with Gasteiger partial charge in [-0.2, -0.15) is 0 Å². The fraction of sp³-hybridized carbons (Fsp3) is 0.250. The quantitative estimate of drug-likeness (QED) is 0.384. The van der Waals surface area contributed by atoms with Crippen molar-refractivity contribution in [2.75, 3.05) is 0 Å². The van der Waals surface area contributed by atoms with Gasteiger partial charge in [-0.1, -0.05) is 6.08 Å². The fourth-order valence-corrected chi connectivity index (χ4v) is 0.293. The van der Waals surface area contributed by atoms with Gasteiger partial charge in [-0.05, 0) is 13.0 Å². The van der Waals surface area contributed by atoms with E-state index in [0.717, 1.165) is 14.5 Å². The summed E-state index contributed by atoms with van der Waals surface area (Å²) in [7, 11) is 1.81. The molecule has 2 radical (unpaired) electrons. The summed E-state index contributed by atoms with van der Waals surface area (Å²) in [5.74, 6) is 0. The van der Waals surface area contributed by atoms with Gasteiger partial charge in [0, 0.05) is 0 Å². The SMILES string of the molecule is C/C=C\C(=O)[B][B]O. The van der Waals surface area contributed by atoms with Gasteiger partial charge in [-0.25, -0.2) is 0 Å². The molecule has 0 aromatic rings. The second-order valence-corrected chi connectivity index (χ2v) is 1.22. The number of carbonyl (C=O) groups is 1. The highest BCUT2D eigenvalue weighted by Crippen LogP contribution is 1.70. The molecule has 0 aliphatic carbocycles. The van der Waals surface area contributed by atoms with Gasteiger partial charge >= 0.3 is 0 Å². The van der Waals surface area contributed by atoms with Crippen LogP contribution in [0.1, 0.15) is 6.92 Å². The second kappa shape index (κ2) is 4.65. The normalized spacial score (nSPS) is 9.25. The van der Waals surface area contributed by atoms with Gasteiger partial charge in [0.1, 0.15) is 0 Å². The Labute approximate surface area is 50.1 Å². The molecule has 0 heterocycles. The topological polar surface area (TPSA) is 37.3 Å². The third kappa shape index (κ3) is 3.68. The summed E-state index contributed by atoms with van der Waals surface area (Å²) in [4.78, 5) is 10.3. The molecule has 0 aliphatic rings. The van der Waals surface area contributed by atoms with Crippen LogP contribution in [-0.2, 0) is 4.79 Å². The van der Waals surface area contributed by atoms with E-state index in [2.05, 4.69) is 0 Å². The van der Waals surface area contributed by atoms with Crippen LogP contribution in [0.25, 0.3) is 0 Å². The van der Waals surface area contributed by atoms with Gasteiger partial charge < -0.3 is 9.82 Å². The zero-order chi connectivity index (χ0) is 6.41. The molecule has 0 saturated heterocycles. The van der Waals surface area contributed by atoms with Crippen LogP contribution in [-0.4, -0.2) is 25.3 Å². The Morgan fingerprint density at radius 2 is 2.38 bits per heavy atom. The van der Waals surface area contributed by atoms with E-state index in [1.807, 2.05) is 0 Å². The molecule has 0 rings (SSSR count). The van der Waals surface area contributed by atoms with Crippen molar-refractivity contribution < 1.29 is 9.82 Å². The van der Waals surface area contributed by atoms with Crippen LogP contribution in [0.15, 0.2) is 12.2 Å². The van der Waals surface area contributed by atoms with Gasteiger partial charge in [0.15, 0.2) is 0 Å². The largest absolute Gasteiger partial charge is 0.464 e. The van der Waals surface area contributed by atoms with Gasteiger partial charge in [-0.15, -0.1) is 0 Å². The van der Waals surface area contributed by atoms with E-state index in [1.165, 1.54) is 6.08 Å². The second-order valence-electron chi connectivity index (χ2n) is 1.22. The summed E-state index contributed by atoms with van der Waals surface area (Å²) in [6.07, 6.45) is 2.98. The molecule has 0 fully saturated rings. The molecule has 0 bridgehead atoms. The molecule has 0 aliphatic heterocycles. The van der Waals surface area contributed by atoms with Crippen molar-refractivity contribution in [1.29, 1.82) is 0 Å². The molecule has 0 amide bonds. The van der Waals surface area contributed by atoms with Crippen molar-refractivity contribution in [1.82, 2.24) is 0 Å². The highest BCUT2D eigenvalue weighted by molar-refractivity contribution is 7.14. The molecule has 0 atom stereocenters. The minimum atomic E-state index is -0.199. The fourth-order valence-electron chi connectivity index (χ4n) is 0.293. The van der Waals surface area contributed by atoms with Gasteiger partial charge in [0.05, 0.1) is 5.68 Å². The standard InChI is InChI=1S/C4H6B2O2/c1-2-3-4(7)5-6-8/h2-3,8H,1H3/b3-2-. The van der Waals surface area contributed by atoms with Gasteiger partial charge in [-0.3, -0.25) is 0 Å². The van der Waals surface area contributed by atoms with E-state index in [-0.39, 0.29) is 5.68 Å². The third-order valence-electron chi connectivity index (χ3n) is 0.570. The summed E-state index contributed by atoms with van der Waals surface area (Å²) in [6.45, 7) is 1.74. The predicted octanol–water partition coefficient (Wildman–Crippen LogP) is -0.680. The smallest absolute Gasteiger partial charge is 0.247 e. The Hall–Kier alpha value is -0.500. The summed E-state index contributed by atoms with van der Waals surface area (Å²) < 4.78 is 0. The first-order valence-corrected chi connectivity index (χ1v) is 2.28. The van der Waals surface area contributed by atoms with Gasteiger partial charge in [0.25, 0.3) is 0 Å². The molecular formula is C4H6B2O2. The Morgan fingerprint density at radius 3 is 2.75 bits per heavy atom. The maximum atomic E-state index is 10.3. The van der Waals surface area contributed by atoms with Gasteiger partial charge in [0.2, 0.25) is 14.5 Å². The number of carbonyl (C=O) groups excluding carboxylic acids is 1. The van der Waals surface area contributed by atoms with Crippen LogP contribution >= 0.6 is 0 Å². The number of hydrogen-bond donors (Lipinski definition) is 1. The average Bonchev–Trinajstić information content (AvgIpc) is 1.68. The van der Waals surface area contributed by atoms with Crippen LogP contribution in [0.5, 0.6) is 0 Å². The highest BCUT2D eigenvalue weighted by atomic mass is 16.2. The molecule has 40 valence electrons. The molecule has 4 heteroatoms. The van der Waals surface area contributed by atoms with E-state index in [4.69, 9.17) is 5.02 Å². The lowest BCUT2D eigenvalue weighted by Crippen LogP contribution is -2.12. The highest BCUT2D eigenvalue weighted by Gasteiger charge is 1.95. The molecule has 0 aromatic heterocycles. The number of allylic oxidation sites excluding steroid dienone is 2. The van der Waals surface area contributed by atoms with E-state index in [1.54, 1.807) is 13.0 Å². The Morgan fingerprint density at radius 1 is 1.75 bits per heavy atom. The Kier molecular flexibility index (Phi) is 4.36. The first-order valence-electron chi connectivity index (χ1n) is 2.28. The summed E-state index contributed by atoms with van der Waals surface area (Å²) in [5.41, 5.74) is -0.199. The van der Waals surface area contributed by atoms with Crippen molar-refractivity contribution in [2.24, 2.45) is 0 Å². The first kappa shape index (κ1) is 7.50. The monoisotopic (exact) mass is 108 g/mol. The van der Waals surface area contributed by atoms with Crippen molar-refractivity contribution >= 4 is 20.2 Å². The van der Waals surface area contributed by atoms with Crippen LogP contribution < -0.4 is 0 Å². The first-order chi connectivity index (χ1) is 3.81. The van der Waals surface area contributed by atoms with E-state index < -0.39 is 0 Å². The lowest BCUT2D eigenvalue weighted by atomic mass is 9.47. The lowest BCUT2D eigenvalue weighted by Gasteiger charge is -1.80. The number of rotatable bonds is 3. The van der Waals surface area contributed by atoms with Crippen LogP contribution in [0.4, 0.5) is 0 Å². The summed E-state index contributed by atoms with van der Waals surface area (Å²) in [6, 6.07) is 0. The van der Waals surface area contributed by atoms with E-state index >= 15 is 0 Å². The summed E-state index contributed by atoms with van der Waals surface area (Å²) >= 11 is 0. The van der Waals surface area contributed by atoms with E-state index in [0.29, 0.717) is 0 Å². The molecule has 8 heavy (non-hydrogen) atoms. The Balaban J connectivity index is 3.33. The molecule has 1 N–H and O–H groups in total. The van der Waals surface area contributed by atoms with Crippen LogP contribution in [0.2, 0.25) is 0 Å². The average molecular weight is 108 g/mol. The lowest BCUT2D eigenvalue weighted by molar-refractivity contribution is -0.107. The number of hydrogen-bond acceptors (Lipinski definition) is 2. The zero-order valence-electron chi connectivity index (χ0n) is 4.66. The summed E-state index contributed by atoms with van der Waals surface area (Å²) in [5, 5.41) is 8.03. The maximum absolute atomic E-state index is 10.3. The van der Waals surface area contributed by atoms with Crippen molar-refractivity contribution in [2.45, 2.75) is 6.92 Å². The Bertz CT molecular complexity index is 100. The van der Waals surface area contributed by atoms with Crippen molar-refractivity contribution in [3.63, 3.8) is 0 Å². The zero-order valence-corrected chi connectivity index (χ0v) is 4.66. The maximum Gasteiger partial charge on any atom is 0.247 e. The van der Waals surface area contributed by atoms with Crippen molar-refractivity contribution in [3.8, 4) is 0 Å². The van der Waals surface area contributed by atoms with Crippen molar-refractivity contribution in [3.05, 3.63) is 12.2 Å². The van der Waals surface area contributed by atoms with E-state index in [9.17, 15) is 4.79 Å². The predicted molar refractivity (Wildman–Crippen MR) is 33.5 cm³/mol. The van der Waals surface area contributed by atoms with Crippen LogP contribution in [0.3, 0.4) is 0 Å². The molecule has 0 saturated carbocycles. The molecule has 0 aromatic carbocycles.